The Morgan fingerprint density at radius 3 is 3.00 bits per heavy atom. The largest absolute Gasteiger partial charge is 0.365 e. The van der Waals surface area contributed by atoms with Crippen LogP contribution in [0.15, 0.2) is 36.3 Å². The maximum absolute atomic E-state index is 13.4. The highest BCUT2D eigenvalue weighted by Gasteiger charge is 2.20. The minimum Gasteiger partial charge on any atom is -0.365 e. The average Bonchev–Trinajstić information content (AvgIpc) is 2.68. The van der Waals surface area contributed by atoms with E-state index in [2.05, 4.69) is 5.32 Å². The Hall–Kier alpha value is -2.11. The van der Waals surface area contributed by atoms with Crippen LogP contribution in [0.1, 0.15) is 5.56 Å². The van der Waals surface area contributed by atoms with Gasteiger partial charge in [0.2, 0.25) is 0 Å². The van der Waals surface area contributed by atoms with Crippen LogP contribution < -0.4 is 5.32 Å². The second-order valence-electron chi connectivity index (χ2n) is 3.74. The van der Waals surface area contributed by atoms with Gasteiger partial charge in [0, 0.05) is 25.2 Å². The van der Waals surface area contributed by atoms with E-state index in [1.165, 1.54) is 6.07 Å². The molecule has 0 aromatic heterocycles. The first-order chi connectivity index (χ1) is 8.16. The van der Waals surface area contributed by atoms with E-state index in [1.807, 2.05) is 0 Å². The van der Waals surface area contributed by atoms with Crippen LogP contribution in [-0.4, -0.2) is 22.9 Å². The lowest BCUT2D eigenvalue weighted by Crippen LogP contribution is -2.21. The molecule has 0 bridgehead atoms. The SMILES string of the molecule is O=[N+]([O-])/C=C1\NCCN1Cc1ccccc1F. The predicted octanol–water partition coefficient (Wildman–Crippen LogP) is 1.31. The normalized spacial score (nSPS) is 17.2. The van der Waals surface area contributed by atoms with Crippen LogP contribution in [0, 0.1) is 15.9 Å². The quantitative estimate of drug-likeness (QED) is 0.636. The van der Waals surface area contributed by atoms with Crippen LogP contribution in [0.2, 0.25) is 0 Å². The molecule has 17 heavy (non-hydrogen) atoms. The van der Waals surface area contributed by atoms with Crippen molar-refractivity contribution >= 4 is 0 Å². The van der Waals surface area contributed by atoms with Crippen LogP contribution in [0.4, 0.5) is 4.39 Å². The lowest BCUT2D eigenvalue weighted by Gasteiger charge is -2.17. The van der Waals surface area contributed by atoms with E-state index in [-0.39, 0.29) is 5.82 Å². The van der Waals surface area contributed by atoms with Gasteiger partial charge >= 0.3 is 0 Å². The maximum Gasteiger partial charge on any atom is 0.274 e. The van der Waals surface area contributed by atoms with Crippen LogP contribution in [0.25, 0.3) is 0 Å². The molecule has 1 heterocycles. The third-order valence-corrected chi connectivity index (χ3v) is 2.58. The summed E-state index contributed by atoms with van der Waals surface area (Å²) in [6.07, 6.45) is 0.911. The number of halogens is 1. The van der Waals surface area contributed by atoms with Gasteiger partial charge in [-0.1, -0.05) is 18.2 Å². The van der Waals surface area contributed by atoms with Gasteiger partial charge in [0.25, 0.3) is 6.20 Å². The van der Waals surface area contributed by atoms with Crippen molar-refractivity contribution in [3.8, 4) is 0 Å². The highest BCUT2D eigenvalue weighted by atomic mass is 19.1. The Balaban J connectivity index is 2.13. The topological polar surface area (TPSA) is 58.4 Å². The summed E-state index contributed by atoms with van der Waals surface area (Å²) in [6, 6.07) is 6.43. The Morgan fingerprint density at radius 2 is 2.29 bits per heavy atom. The monoisotopic (exact) mass is 237 g/mol. The molecule has 1 saturated heterocycles. The molecule has 1 aliphatic heterocycles. The van der Waals surface area contributed by atoms with E-state index >= 15 is 0 Å². The molecular formula is C11H12FN3O2. The number of nitrogens with one attached hydrogen (secondary N) is 1. The molecule has 1 aliphatic rings. The van der Waals surface area contributed by atoms with Crippen molar-refractivity contribution in [2.24, 2.45) is 0 Å². The lowest BCUT2D eigenvalue weighted by molar-refractivity contribution is -0.404. The summed E-state index contributed by atoms with van der Waals surface area (Å²) in [5.74, 6) is 0.137. The number of hydrogen-bond donors (Lipinski definition) is 1. The number of hydrogen-bond acceptors (Lipinski definition) is 4. The van der Waals surface area contributed by atoms with Gasteiger partial charge in [-0.15, -0.1) is 0 Å². The molecule has 0 spiro atoms. The third kappa shape index (κ3) is 2.72. The van der Waals surface area contributed by atoms with Crippen molar-refractivity contribution < 1.29 is 9.31 Å². The Morgan fingerprint density at radius 1 is 1.53 bits per heavy atom. The molecule has 6 heteroatoms. The van der Waals surface area contributed by atoms with Gasteiger partial charge in [0.05, 0.1) is 4.92 Å². The standard InChI is InChI=1S/C11H12FN3O2/c12-10-4-2-1-3-9(10)7-14-6-5-13-11(14)8-15(16)17/h1-4,8,13H,5-7H2/b11-8+. The molecule has 1 N–H and O–H groups in total. The zero-order chi connectivity index (χ0) is 12.3. The zero-order valence-corrected chi connectivity index (χ0v) is 9.10. The first kappa shape index (κ1) is 11.4. The summed E-state index contributed by atoms with van der Waals surface area (Å²) >= 11 is 0. The van der Waals surface area contributed by atoms with Crippen molar-refractivity contribution in [1.29, 1.82) is 0 Å². The fourth-order valence-corrected chi connectivity index (χ4v) is 1.77. The molecule has 0 atom stereocenters. The molecule has 0 radical (unpaired) electrons. The van der Waals surface area contributed by atoms with E-state index in [9.17, 15) is 14.5 Å². The van der Waals surface area contributed by atoms with E-state index in [0.29, 0.717) is 31.0 Å². The van der Waals surface area contributed by atoms with E-state index < -0.39 is 4.92 Å². The second kappa shape index (κ2) is 4.82. The molecule has 1 fully saturated rings. The van der Waals surface area contributed by atoms with Crippen LogP contribution in [-0.2, 0) is 6.54 Å². The van der Waals surface area contributed by atoms with Gasteiger partial charge in [-0.2, -0.15) is 0 Å². The molecule has 90 valence electrons. The Bertz CT molecular complexity index is 462. The van der Waals surface area contributed by atoms with E-state index in [4.69, 9.17) is 0 Å². The first-order valence-electron chi connectivity index (χ1n) is 5.24. The van der Waals surface area contributed by atoms with Crippen LogP contribution in [0.5, 0.6) is 0 Å². The van der Waals surface area contributed by atoms with Gasteiger partial charge in [-0.25, -0.2) is 4.39 Å². The van der Waals surface area contributed by atoms with Crippen molar-refractivity contribution in [2.75, 3.05) is 13.1 Å². The summed E-state index contributed by atoms with van der Waals surface area (Å²) < 4.78 is 13.4. The third-order valence-electron chi connectivity index (χ3n) is 2.58. The molecule has 5 nitrogen and oxygen atoms in total. The maximum atomic E-state index is 13.4. The average molecular weight is 237 g/mol. The van der Waals surface area contributed by atoms with Gasteiger partial charge in [0.15, 0.2) is 5.82 Å². The molecular weight excluding hydrogens is 225 g/mol. The van der Waals surface area contributed by atoms with Crippen LogP contribution >= 0.6 is 0 Å². The van der Waals surface area contributed by atoms with Gasteiger partial charge in [-0.3, -0.25) is 10.1 Å². The predicted molar refractivity (Wildman–Crippen MR) is 59.9 cm³/mol. The molecule has 0 saturated carbocycles. The van der Waals surface area contributed by atoms with Crippen molar-refractivity contribution in [2.45, 2.75) is 6.54 Å². The molecule has 0 amide bonds. The number of nitrogens with zero attached hydrogens (tertiary/aromatic N) is 2. The first-order valence-corrected chi connectivity index (χ1v) is 5.24. The number of rotatable bonds is 3. The van der Waals surface area contributed by atoms with Crippen molar-refractivity contribution in [3.63, 3.8) is 0 Å². The molecule has 0 unspecified atom stereocenters. The number of nitro groups is 1. The fourth-order valence-electron chi connectivity index (χ4n) is 1.77. The van der Waals surface area contributed by atoms with Crippen molar-refractivity contribution in [1.82, 2.24) is 10.2 Å². The lowest BCUT2D eigenvalue weighted by atomic mass is 10.2. The molecule has 0 aliphatic carbocycles. The highest BCUT2D eigenvalue weighted by Crippen LogP contribution is 2.15. The summed E-state index contributed by atoms with van der Waals surface area (Å²) in [7, 11) is 0. The molecule has 2 rings (SSSR count). The smallest absolute Gasteiger partial charge is 0.274 e. The number of benzene rings is 1. The van der Waals surface area contributed by atoms with Crippen molar-refractivity contribution in [3.05, 3.63) is 57.8 Å². The molecule has 1 aromatic rings. The summed E-state index contributed by atoms with van der Waals surface area (Å²) in [6.45, 7) is 1.60. The summed E-state index contributed by atoms with van der Waals surface area (Å²) in [5, 5.41) is 13.3. The Kier molecular flexibility index (Phi) is 3.22. The minimum absolute atomic E-state index is 0.292. The minimum atomic E-state index is -0.512. The van der Waals surface area contributed by atoms with E-state index in [1.54, 1.807) is 23.1 Å². The summed E-state index contributed by atoms with van der Waals surface area (Å²) in [4.78, 5) is 11.6. The highest BCUT2D eigenvalue weighted by molar-refractivity contribution is 5.18. The van der Waals surface area contributed by atoms with Gasteiger partial charge < -0.3 is 10.2 Å². The van der Waals surface area contributed by atoms with E-state index in [0.717, 1.165) is 6.20 Å². The fraction of sp³-hybridized carbons (Fsp3) is 0.273. The van der Waals surface area contributed by atoms with Crippen LogP contribution in [0.3, 0.4) is 0 Å². The van der Waals surface area contributed by atoms with Gasteiger partial charge in [0.1, 0.15) is 5.82 Å². The second-order valence-corrected chi connectivity index (χ2v) is 3.74. The van der Waals surface area contributed by atoms with Gasteiger partial charge in [-0.05, 0) is 6.07 Å². The molecule has 1 aromatic carbocycles. The Labute approximate surface area is 97.7 Å². The summed E-state index contributed by atoms with van der Waals surface area (Å²) in [5.41, 5.74) is 0.533. The zero-order valence-electron chi connectivity index (χ0n) is 9.10.